The Balaban J connectivity index is 2.01. The van der Waals surface area contributed by atoms with Crippen molar-refractivity contribution in [2.75, 3.05) is 0 Å². The predicted molar refractivity (Wildman–Crippen MR) is 84.6 cm³/mol. The molecule has 0 saturated heterocycles. The van der Waals surface area contributed by atoms with Crippen molar-refractivity contribution in [1.82, 2.24) is 0 Å². The Morgan fingerprint density at radius 2 is 2.22 bits per heavy atom. The average Bonchev–Trinajstić information content (AvgIpc) is 2.95. The summed E-state index contributed by atoms with van der Waals surface area (Å²) in [6, 6.07) is 6.40. The number of fused-ring (bicyclic) bond motifs is 1. The molecule has 0 nitrogen and oxygen atoms in total. The van der Waals surface area contributed by atoms with Gasteiger partial charge in [-0.05, 0) is 56.6 Å². The predicted octanol–water partition coefficient (Wildman–Crippen LogP) is 6.38. The van der Waals surface area contributed by atoms with E-state index in [1.54, 1.807) is 11.3 Å². The summed E-state index contributed by atoms with van der Waals surface area (Å²) in [4.78, 5) is 0. The summed E-state index contributed by atoms with van der Waals surface area (Å²) >= 11 is 12.2. The maximum absolute atomic E-state index is 6.77. The first kappa shape index (κ1) is 13.0. The molecule has 2 aromatic rings. The van der Waals surface area contributed by atoms with Gasteiger partial charge < -0.3 is 0 Å². The molecule has 1 aliphatic carbocycles. The van der Waals surface area contributed by atoms with E-state index >= 15 is 0 Å². The zero-order valence-electron chi connectivity index (χ0n) is 10.3. The zero-order valence-corrected chi connectivity index (χ0v) is 13.5. The highest BCUT2D eigenvalue weighted by Gasteiger charge is 2.31. The minimum atomic E-state index is 0.172. The highest BCUT2D eigenvalue weighted by molar-refractivity contribution is 9.10. The van der Waals surface area contributed by atoms with Gasteiger partial charge in [0.05, 0.1) is 5.38 Å². The van der Waals surface area contributed by atoms with Crippen molar-refractivity contribution >= 4 is 49.0 Å². The van der Waals surface area contributed by atoms with Crippen LogP contribution in [-0.2, 0) is 0 Å². The molecule has 1 aromatic heterocycles. The SMILES string of the molecule is CC1CCCC1C(Cl)c1csc2c(Br)cccc12. The number of benzene rings is 1. The third-order valence-corrected chi connectivity index (χ3v) is 6.71. The molecule has 3 atom stereocenters. The maximum atomic E-state index is 6.77. The molecule has 0 amide bonds. The molecular weight excluding hydrogens is 328 g/mol. The van der Waals surface area contributed by atoms with Crippen LogP contribution in [0.15, 0.2) is 28.1 Å². The molecule has 3 heteroatoms. The highest BCUT2D eigenvalue weighted by atomic mass is 79.9. The van der Waals surface area contributed by atoms with Gasteiger partial charge in [0.2, 0.25) is 0 Å². The van der Waals surface area contributed by atoms with Gasteiger partial charge in [-0.2, -0.15) is 0 Å². The van der Waals surface area contributed by atoms with Crippen LogP contribution in [0.4, 0.5) is 0 Å². The molecule has 3 rings (SSSR count). The Bertz CT molecular complexity index is 563. The first-order valence-corrected chi connectivity index (χ1v) is 8.59. The van der Waals surface area contributed by atoms with Crippen LogP contribution in [0.5, 0.6) is 0 Å². The van der Waals surface area contributed by atoms with Gasteiger partial charge in [-0.3, -0.25) is 0 Å². The van der Waals surface area contributed by atoms with Gasteiger partial charge in [-0.1, -0.05) is 31.9 Å². The van der Waals surface area contributed by atoms with Crippen LogP contribution in [0.2, 0.25) is 0 Å². The summed E-state index contributed by atoms with van der Waals surface area (Å²) < 4.78 is 2.50. The lowest BCUT2D eigenvalue weighted by Gasteiger charge is -2.21. The molecule has 0 radical (unpaired) electrons. The molecule has 1 aliphatic rings. The van der Waals surface area contributed by atoms with Crippen LogP contribution in [0, 0.1) is 11.8 Å². The number of alkyl halides is 1. The van der Waals surface area contributed by atoms with Gasteiger partial charge in [-0.25, -0.2) is 0 Å². The molecule has 96 valence electrons. The van der Waals surface area contributed by atoms with Gasteiger partial charge in [0.25, 0.3) is 0 Å². The molecule has 0 N–H and O–H groups in total. The normalized spacial score (nSPS) is 25.7. The molecule has 1 heterocycles. The summed E-state index contributed by atoms with van der Waals surface area (Å²) in [5.41, 5.74) is 1.33. The monoisotopic (exact) mass is 342 g/mol. The molecule has 1 fully saturated rings. The molecule has 3 unspecified atom stereocenters. The Kier molecular flexibility index (Phi) is 3.70. The van der Waals surface area contributed by atoms with Crippen molar-refractivity contribution in [3.63, 3.8) is 0 Å². The maximum Gasteiger partial charge on any atom is 0.0630 e. The summed E-state index contributed by atoms with van der Waals surface area (Å²) in [6.07, 6.45) is 3.95. The van der Waals surface area contributed by atoms with Crippen LogP contribution >= 0.6 is 38.9 Å². The minimum Gasteiger partial charge on any atom is -0.142 e. The fourth-order valence-electron chi connectivity index (χ4n) is 3.09. The van der Waals surface area contributed by atoms with Gasteiger partial charge in [0.15, 0.2) is 0 Å². The molecule has 0 aliphatic heterocycles. The van der Waals surface area contributed by atoms with Gasteiger partial charge in [0, 0.05) is 9.17 Å². The molecular formula is C15H16BrClS. The van der Waals surface area contributed by atoms with Crippen LogP contribution < -0.4 is 0 Å². The fraction of sp³-hybridized carbons (Fsp3) is 0.467. The van der Waals surface area contributed by atoms with Crippen molar-refractivity contribution in [3.05, 3.63) is 33.6 Å². The third kappa shape index (κ3) is 2.13. The molecule has 0 spiro atoms. The summed E-state index contributed by atoms with van der Waals surface area (Å²) in [6.45, 7) is 2.34. The van der Waals surface area contributed by atoms with E-state index in [0.717, 1.165) is 5.92 Å². The van der Waals surface area contributed by atoms with E-state index in [-0.39, 0.29) is 5.38 Å². The lowest BCUT2D eigenvalue weighted by Crippen LogP contribution is -2.10. The number of thiophene rings is 1. The summed E-state index contributed by atoms with van der Waals surface area (Å²) in [5.74, 6) is 1.40. The summed E-state index contributed by atoms with van der Waals surface area (Å²) in [5, 5.41) is 3.75. The zero-order chi connectivity index (χ0) is 12.7. The molecule has 1 aromatic carbocycles. The quantitative estimate of drug-likeness (QED) is 0.555. The number of halogens is 2. The van der Waals surface area contributed by atoms with Crippen LogP contribution in [-0.4, -0.2) is 0 Å². The largest absolute Gasteiger partial charge is 0.142 e. The Morgan fingerprint density at radius 1 is 1.39 bits per heavy atom. The first-order chi connectivity index (χ1) is 8.68. The number of hydrogen-bond donors (Lipinski definition) is 0. The number of rotatable bonds is 2. The lowest BCUT2D eigenvalue weighted by atomic mass is 9.90. The molecule has 18 heavy (non-hydrogen) atoms. The van der Waals surface area contributed by atoms with Gasteiger partial charge >= 0.3 is 0 Å². The molecule has 0 bridgehead atoms. The Labute approximate surface area is 125 Å². The average molecular weight is 344 g/mol. The van der Waals surface area contributed by atoms with Gasteiger partial charge in [-0.15, -0.1) is 22.9 Å². The standard InChI is InChI=1S/C15H16BrClS/c1-9-4-2-5-10(9)14(17)12-8-18-15-11(12)6-3-7-13(15)16/h3,6-10,14H,2,4-5H2,1H3. The smallest absolute Gasteiger partial charge is 0.0630 e. The van der Waals surface area contributed by atoms with Crippen molar-refractivity contribution < 1.29 is 0 Å². The minimum absolute atomic E-state index is 0.172. The van der Waals surface area contributed by atoms with Crippen LogP contribution in [0.3, 0.4) is 0 Å². The highest BCUT2D eigenvalue weighted by Crippen LogP contribution is 2.47. The van der Waals surface area contributed by atoms with Crippen molar-refractivity contribution in [2.24, 2.45) is 11.8 Å². The van der Waals surface area contributed by atoms with Crippen molar-refractivity contribution in [2.45, 2.75) is 31.6 Å². The molecule has 1 saturated carbocycles. The van der Waals surface area contributed by atoms with Crippen molar-refractivity contribution in [1.29, 1.82) is 0 Å². The van der Waals surface area contributed by atoms with E-state index in [4.69, 9.17) is 11.6 Å². The van der Waals surface area contributed by atoms with E-state index in [1.807, 2.05) is 0 Å². The second kappa shape index (κ2) is 5.15. The van der Waals surface area contributed by atoms with E-state index in [1.165, 1.54) is 39.4 Å². The second-order valence-corrected chi connectivity index (χ2v) is 7.49. The lowest BCUT2D eigenvalue weighted by molar-refractivity contribution is 0.407. The number of hydrogen-bond acceptors (Lipinski definition) is 1. The van der Waals surface area contributed by atoms with Gasteiger partial charge in [0.1, 0.15) is 0 Å². The van der Waals surface area contributed by atoms with E-state index in [2.05, 4.69) is 46.4 Å². The van der Waals surface area contributed by atoms with E-state index in [9.17, 15) is 0 Å². The fourth-order valence-corrected chi connectivity index (χ4v) is 5.38. The topological polar surface area (TPSA) is 0 Å². The Morgan fingerprint density at radius 3 is 2.94 bits per heavy atom. The third-order valence-electron chi connectivity index (χ3n) is 4.18. The van der Waals surface area contributed by atoms with E-state index in [0.29, 0.717) is 5.92 Å². The Hall–Kier alpha value is -0.0500. The van der Waals surface area contributed by atoms with E-state index < -0.39 is 0 Å². The van der Waals surface area contributed by atoms with Crippen LogP contribution in [0.1, 0.15) is 37.1 Å². The second-order valence-electron chi connectivity index (χ2n) is 5.28. The van der Waals surface area contributed by atoms with Crippen LogP contribution in [0.25, 0.3) is 10.1 Å². The first-order valence-electron chi connectivity index (χ1n) is 6.48. The van der Waals surface area contributed by atoms with Crippen molar-refractivity contribution in [3.8, 4) is 0 Å². The summed E-state index contributed by atoms with van der Waals surface area (Å²) in [7, 11) is 0.